The molecule has 0 radical (unpaired) electrons. The van der Waals surface area contributed by atoms with Crippen molar-refractivity contribution in [3.63, 3.8) is 0 Å². The molecule has 0 bridgehead atoms. The van der Waals surface area contributed by atoms with Crippen LogP contribution < -0.4 is 14.8 Å². The summed E-state index contributed by atoms with van der Waals surface area (Å²) in [6.45, 7) is 6.08. The molecular formula is C30H36N2O4. The van der Waals surface area contributed by atoms with Gasteiger partial charge in [-0.05, 0) is 43.5 Å². The van der Waals surface area contributed by atoms with E-state index in [9.17, 15) is 9.59 Å². The number of para-hydroxylation sites is 2. The average Bonchev–Trinajstić information content (AvgIpc) is 2.89. The highest BCUT2D eigenvalue weighted by atomic mass is 16.5. The van der Waals surface area contributed by atoms with Gasteiger partial charge in [-0.1, -0.05) is 79.2 Å². The van der Waals surface area contributed by atoms with E-state index in [1.807, 2.05) is 87.5 Å². The van der Waals surface area contributed by atoms with Crippen molar-refractivity contribution in [2.24, 2.45) is 0 Å². The van der Waals surface area contributed by atoms with E-state index in [1.54, 1.807) is 24.1 Å². The molecule has 3 rings (SSSR count). The Kier molecular flexibility index (Phi) is 9.92. The summed E-state index contributed by atoms with van der Waals surface area (Å²) in [6, 6.07) is 24.3. The topological polar surface area (TPSA) is 67.9 Å². The van der Waals surface area contributed by atoms with Gasteiger partial charge in [0, 0.05) is 19.0 Å². The predicted molar refractivity (Wildman–Crippen MR) is 142 cm³/mol. The van der Waals surface area contributed by atoms with Gasteiger partial charge >= 0.3 is 0 Å². The first kappa shape index (κ1) is 26.8. The highest BCUT2D eigenvalue weighted by Crippen LogP contribution is 2.26. The third kappa shape index (κ3) is 7.60. The number of amides is 2. The van der Waals surface area contributed by atoms with E-state index in [-0.39, 0.29) is 24.5 Å². The van der Waals surface area contributed by atoms with Crippen molar-refractivity contribution in [3.05, 3.63) is 95.6 Å². The smallest absolute Gasteiger partial charge is 0.261 e. The Balaban J connectivity index is 1.93. The maximum atomic E-state index is 13.7. The van der Waals surface area contributed by atoms with E-state index in [2.05, 4.69) is 5.32 Å². The van der Waals surface area contributed by atoms with Gasteiger partial charge in [0.2, 0.25) is 5.91 Å². The molecule has 0 aliphatic rings. The molecule has 36 heavy (non-hydrogen) atoms. The van der Waals surface area contributed by atoms with Crippen molar-refractivity contribution < 1.29 is 19.1 Å². The van der Waals surface area contributed by atoms with Crippen molar-refractivity contribution in [2.75, 3.05) is 13.7 Å². The van der Waals surface area contributed by atoms with Crippen molar-refractivity contribution in [2.45, 2.75) is 52.2 Å². The zero-order chi connectivity index (χ0) is 25.9. The van der Waals surface area contributed by atoms with Crippen LogP contribution in [-0.2, 0) is 22.6 Å². The lowest BCUT2D eigenvalue weighted by atomic mass is 10.0. The van der Waals surface area contributed by atoms with Crippen LogP contribution in [0.3, 0.4) is 0 Å². The van der Waals surface area contributed by atoms with Crippen LogP contribution in [0.4, 0.5) is 0 Å². The molecule has 0 heterocycles. The Morgan fingerprint density at radius 1 is 0.917 bits per heavy atom. The normalized spacial score (nSPS) is 12.3. The molecule has 6 nitrogen and oxygen atoms in total. The second-order valence-electron chi connectivity index (χ2n) is 8.97. The van der Waals surface area contributed by atoms with Gasteiger partial charge in [0.25, 0.3) is 5.91 Å². The predicted octanol–water partition coefficient (Wildman–Crippen LogP) is 4.94. The van der Waals surface area contributed by atoms with Crippen molar-refractivity contribution in [3.8, 4) is 11.5 Å². The number of methoxy groups -OCH3 is 1. The summed E-state index contributed by atoms with van der Waals surface area (Å²) >= 11 is 0. The van der Waals surface area contributed by atoms with Crippen LogP contribution >= 0.6 is 0 Å². The molecule has 0 aromatic heterocycles. The fraction of sp³-hybridized carbons (Fsp3) is 0.333. The molecule has 0 saturated carbocycles. The molecule has 2 atom stereocenters. The summed E-state index contributed by atoms with van der Waals surface area (Å²) in [6.07, 6.45) is 1.20. The lowest BCUT2D eigenvalue weighted by Crippen LogP contribution is -2.53. The van der Waals surface area contributed by atoms with Crippen LogP contribution in [0.2, 0.25) is 0 Å². The van der Waals surface area contributed by atoms with Gasteiger partial charge < -0.3 is 19.7 Å². The monoisotopic (exact) mass is 488 g/mol. The van der Waals surface area contributed by atoms with Gasteiger partial charge in [0.05, 0.1) is 7.11 Å². The summed E-state index contributed by atoms with van der Waals surface area (Å²) in [5.74, 6) is 0.576. The Labute approximate surface area is 214 Å². The van der Waals surface area contributed by atoms with Gasteiger partial charge in [0.15, 0.2) is 18.1 Å². The van der Waals surface area contributed by atoms with Crippen LogP contribution in [0.1, 0.15) is 37.0 Å². The third-order valence-corrected chi connectivity index (χ3v) is 6.13. The number of benzene rings is 3. The summed E-state index contributed by atoms with van der Waals surface area (Å²) in [7, 11) is 1.56. The van der Waals surface area contributed by atoms with Crippen molar-refractivity contribution in [1.29, 1.82) is 0 Å². The number of aryl methyl sites for hydroxylation is 1. The number of carbonyl (C=O) groups excluding carboxylic acids is 2. The first-order valence-electron chi connectivity index (χ1n) is 12.4. The SMILES string of the molecule is CC[C@H](C)NC(=O)[C@@H](Cc1ccccc1)N(Cc1cccc(C)c1)C(=O)COc1ccccc1OC. The van der Waals surface area contributed by atoms with Crippen LogP contribution in [0.5, 0.6) is 11.5 Å². The minimum absolute atomic E-state index is 0.00322. The van der Waals surface area contributed by atoms with Gasteiger partial charge in [-0.3, -0.25) is 9.59 Å². The lowest BCUT2D eigenvalue weighted by molar-refractivity contribution is -0.143. The van der Waals surface area contributed by atoms with E-state index in [0.29, 0.717) is 24.5 Å². The van der Waals surface area contributed by atoms with Gasteiger partial charge in [-0.2, -0.15) is 0 Å². The number of hydrogen-bond acceptors (Lipinski definition) is 4. The molecule has 0 aliphatic carbocycles. The number of rotatable bonds is 12. The molecule has 0 aliphatic heterocycles. The van der Waals surface area contributed by atoms with Crippen LogP contribution in [0, 0.1) is 6.92 Å². The quantitative estimate of drug-likeness (QED) is 0.392. The molecular weight excluding hydrogens is 452 g/mol. The molecule has 3 aromatic rings. The molecule has 0 saturated heterocycles. The van der Waals surface area contributed by atoms with Gasteiger partial charge in [0.1, 0.15) is 6.04 Å². The van der Waals surface area contributed by atoms with E-state index >= 15 is 0 Å². The van der Waals surface area contributed by atoms with Crippen molar-refractivity contribution >= 4 is 11.8 Å². The van der Waals surface area contributed by atoms with Gasteiger partial charge in [-0.25, -0.2) is 0 Å². The minimum Gasteiger partial charge on any atom is -0.493 e. The number of hydrogen-bond donors (Lipinski definition) is 1. The Bertz CT molecular complexity index is 1130. The highest BCUT2D eigenvalue weighted by molar-refractivity contribution is 5.88. The Hall–Kier alpha value is -3.80. The molecule has 190 valence electrons. The Morgan fingerprint density at radius 3 is 2.25 bits per heavy atom. The number of nitrogens with zero attached hydrogens (tertiary/aromatic N) is 1. The summed E-state index contributed by atoms with van der Waals surface area (Å²) in [5, 5.41) is 3.08. The largest absolute Gasteiger partial charge is 0.493 e. The first-order chi connectivity index (χ1) is 17.4. The third-order valence-electron chi connectivity index (χ3n) is 6.13. The molecule has 0 fully saturated rings. The number of ether oxygens (including phenoxy) is 2. The molecule has 6 heteroatoms. The number of carbonyl (C=O) groups is 2. The molecule has 1 N–H and O–H groups in total. The fourth-order valence-electron chi connectivity index (χ4n) is 3.96. The second kappa shape index (κ2) is 13.3. The Morgan fingerprint density at radius 2 is 1.58 bits per heavy atom. The first-order valence-corrected chi connectivity index (χ1v) is 12.4. The van der Waals surface area contributed by atoms with Gasteiger partial charge in [-0.15, -0.1) is 0 Å². The maximum Gasteiger partial charge on any atom is 0.261 e. The van der Waals surface area contributed by atoms with Crippen molar-refractivity contribution in [1.82, 2.24) is 10.2 Å². The van der Waals surface area contributed by atoms with Crippen LogP contribution in [0.15, 0.2) is 78.9 Å². The average molecular weight is 489 g/mol. The molecule has 0 unspecified atom stereocenters. The van der Waals surface area contributed by atoms with E-state index in [1.165, 1.54) is 0 Å². The summed E-state index contributed by atoms with van der Waals surface area (Å²) in [5.41, 5.74) is 3.03. The van der Waals surface area contributed by atoms with E-state index < -0.39 is 6.04 Å². The number of nitrogens with one attached hydrogen (secondary N) is 1. The molecule has 2 amide bonds. The summed E-state index contributed by atoms with van der Waals surface area (Å²) < 4.78 is 11.2. The van der Waals surface area contributed by atoms with E-state index in [0.717, 1.165) is 23.1 Å². The van der Waals surface area contributed by atoms with Crippen LogP contribution in [0.25, 0.3) is 0 Å². The molecule has 3 aromatic carbocycles. The summed E-state index contributed by atoms with van der Waals surface area (Å²) in [4.78, 5) is 28.8. The fourth-order valence-corrected chi connectivity index (χ4v) is 3.96. The van der Waals surface area contributed by atoms with Crippen LogP contribution in [-0.4, -0.2) is 42.5 Å². The zero-order valence-corrected chi connectivity index (χ0v) is 21.6. The lowest BCUT2D eigenvalue weighted by Gasteiger charge is -2.32. The highest BCUT2D eigenvalue weighted by Gasteiger charge is 2.31. The maximum absolute atomic E-state index is 13.7. The minimum atomic E-state index is -0.698. The van der Waals surface area contributed by atoms with E-state index in [4.69, 9.17) is 9.47 Å². The molecule has 0 spiro atoms. The second-order valence-corrected chi connectivity index (χ2v) is 8.97. The standard InChI is InChI=1S/C30H36N2O4/c1-5-23(3)31-30(34)26(19-24-13-7-6-8-14-24)32(20-25-15-11-12-22(2)18-25)29(33)21-36-28-17-10-9-16-27(28)35-4/h6-18,23,26H,5,19-21H2,1-4H3,(H,31,34)/t23-,26+/m0/s1. The zero-order valence-electron chi connectivity index (χ0n) is 21.6.